The van der Waals surface area contributed by atoms with Crippen LogP contribution in [0.1, 0.15) is 11.3 Å². The minimum absolute atomic E-state index is 0.555. The largest absolute Gasteiger partial charge is 0.290 e. The van der Waals surface area contributed by atoms with E-state index in [4.69, 9.17) is 5.26 Å². The van der Waals surface area contributed by atoms with Crippen LogP contribution in [0.15, 0.2) is 36.8 Å². The Balaban J connectivity index is 2.62. The van der Waals surface area contributed by atoms with Crippen LogP contribution in [0.4, 0.5) is 0 Å². The standard InChI is InChI=1S/C11H9N3/c1-9-4-2-3-5-11(9)14-8-13-7-10(14)6-12/h2-5,7-8H,1H3. The van der Waals surface area contributed by atoms with E-state index in [0.717, 1.165) is 11.3 Å². The number of benzene rings is 1. The Bertz CT molecular complexity index is 491. The lowest BCUT2D eigenvalue weighted by molar-refractivity contribution is 1.02. The highest BCUT2D eigenvalue weighted by Crippen LogP contribution is 2.14. The molecule has 68 valence electrons. The normalized spacial score (nSPS) is 9.71. The van der Waals surface area contributed by atoms with Crippen molar-refractivity contribution in [1.82, 2.24) is 9.55 Å². The van der Waals surface area contributed by atoms with Crippen molar-refractivity contribution < 1.29 is 0 Å². The first kappa shape index (κ1) is 8.52. The molecule has 1 heterocycles. The molecule has 2 aromatic rings. The molecule has 0 radical (unpaired) electrons. The topological polar surface area (TPSA) is 41.6 Å². The maximum atomic E-state index is 8.85. The quantitative estimate of drug-likeness (QED) is 0.679. The van der Waals surface area contributed by atoms with Crippen molar-refractivity contribution in [3.05, 3.63) is 48.0 Å². The van der Waals surface area contributed by atoms with Crippen LogP contribution in [0.25, 0.3) is 5.69 Å². The maximum absolute atomic E-state index is 8.85. The third-order valence-corrected chi connectivity index (χ3v) is 2.13. The molecule has 0 aliphatic rings. The predicted octanol–water partition coefficient (Wildman–Crippen LogP) is 2.05. The monoisotopic (exact) mass is 183 g/mol. The van der Waals surface area contributed by atoms with E-state index in [1.807, 2.05) is 31.2 Å². The number of para-hydroxylation sites is 1. The second kappa shape index (κ2) is 3.35. The highest BCUT2D eigenvalue weighted by molar-refractivity contribution is 5.43. The third-order valence-electron chi connectivity index (χ3n) is 2.13. The van der Waals surface area contributed by atoms with E-state index < -0.39 is 0 Å². The first-order valence-corrected chi connectivity index (χ1v) is 4.31. The van der Waals surface area contributed by atoms with Gasteiger partial charge in [-0.2, -0.15) is 5.26 Å². The molecule has 0 saturated carbocycles. The summed E-state index contributed by atoms with van der Waals surface area (Å²) in [6.45, 7) is 2.01. The molecule has 0 atom stereocenters. The van der Waals surface area contributed by atoms with Crippen molar-refractivity contribution in [2.45, 2.75) is 6.92 Å². The number of nitriles is 1. The number of nitrogens with zero attached hydrogens (tertiary/aromatic N) is 3. The third kappa shape index (κ3) is 1.27. The lowest BCUT2D eigenvalue weighted by atomic mass is 10.2. The SMILES string of the molecule is Cc1ccccc1-n1cncc1C#N. The van der Waals surface area contributed by atoms with Crippen LogP contribution in [0, 0.1) is 18.3 Å². The van der Waals surface area contributed by atoms with Gasteiger partial charge in [0.15, 0.2) is 0 Å². The zero-order valence-electron chi connectivity index (χ0n) is 7.81. The minimum atomic E-state index is 0.555. The smallest absolute Gasteiger partial charge is 0.144 e. The van der Waals surface area contributed by atoms with Gasteiger partial charge in [-0.25, -0.2) is 4.98 Å². The number of imidazole rings is 1. The fourth-order valence-electron chi connectivity index (χ4n) is 1.40. The average molecular weight is 183 g/mol. The first-order chi connectivity index (χ1) is 6.83. The molecule has 0 aliphatic heterocycles. The lowest BCUT2D eigenvalue weighted by Crippen LogP contribution is -1.97. The van der Waals surface area contributed by atoms with Crippen molar-refractivity contribution in [1.29, 1.82) is 5.26 Å². The van der Waals surface area contributed by atoms with Gasteiger partial charge in [-0.3, -0.25) is 4.57 Å². The van der Waals surface area contributed by atoms with E-state index in [9.17, 15) is 0 Å². The summed E-state index contributed by atoms with van der Waals surface area (Å²) < 4.78 is 1.79. The summed E-state index contributed by atoms with van der Waals surface area (Å²) >= 11 is 0. The van der Waals surface area contributed by atoms with Crippen LogP contribution in [-0.2, 0) is 0 Å². The van der Waals surface area contributed by atoms with Gasteiger partial charge in [0.05, 0.1) is 11.9 Å². The predicted molar refractivity (Wildman–Crippen MR) is 53.0 cm³/mol. The van der Waals surface area contributed by atoms with Crippen molar-refractivity contribution in [3.8, 4) is 11.8 Å². The molecule has 0 saturated heterocycles. The van der Waals surface area contributed by atoms with Crippen LogP contribution in [0.5, 0.6) is 0 Å². The van der Waals surface area contributed by atoms with Crippen molar-refractivity contribution in [2.24, 2.45) is 0 Å². The molecule has 3 nitrogen and oxygen atoms in total. The molecule has 0 bridgehead atoms. The van der Waals surface area contributed by atoms with Gasteiger partial charge in [-0.15, -0.1) is 0 Å². The van der Waals surface area contributed by atoms with Crippen LogP contribution >= 0.6 is 0 Å². The van der Waals surface area contributed by atoms with Gasteiger partial charge in [0, 0.05) is 0 Å². The van der Waals surface area contributed by atoms with Crippen LogP contribution in [0.2, 0.25) is 0 Å². The summed E-state index contributed by atoms with van der Waals surface area (Å²) in [7, 11) is 0. The summed E-state index contributed by atoms with van der Waals surface area (Å²) in [5.74, 6) is 0. The molecule has 3 heteroatoms. The van der Waals surface area contributed by atoms with Crippen molar-refractivity contribution >= 4 is 0 Å². The zero-order chi connectivity index (χ0) is 9.97. The Morgan fingerprint density at radius 2 is 2.14 bits per heavy atom. The summed E-state index contributed by atoms with van der Waals surface area (Å²) in [5, 5.41) is 8.85. The van der Waals surface area contributed by atoms with Gasteiger partial charge in [0.1, 0.15) is 18.1 Å². The summed E-state index contributed by atoms with van der Waals surface area (Å²) in [4.78, 5) is 3.95. The molecular weight excluding hydrogens is 174 g/mol. The van der Waals surface area contributed by atoms with Gasteiger partial charge < -0.3 is 0 Å². The molecule has 1 aromatic carbocycles. The number of aromatic nitrogens is 2. The van der Waals surface area contributed by atoms with Crippen molar-refractivity contribution in [2.75, 3.05) is 0 Å². The summed E-state index contributed by atoms with van der Waals surface area (Å²) in [6.07, 6.45) is 3.22. The van der Waals surface area contributed by atoms with Gasteiger partial charge in [-0.05, 0) is 18.6 Å². The maximum Gasteiger partial charge on any atom is 0.144 e. The van der Waals surface area contributed by atoms with Crippen LogP contribution in [0.3, 0.4) is 0 Å². The highest BCUT2D eigenvalue weighted by Gasteiger charge is 2.04. The van der Waals surface area contributed by atoms with E-state index in [-0.39, 0.29) is 0 Å². The zero-order valence-corrected chi connectivity index (χ0v) is 7.81. The lowest BCUT2D eigenvalue weighted by Gasteiger charge is -2.06. The van der Waals surface area contributed by atoms with E-state index in [1.165, 1.54) is 0 Å². The van der Waals surface area contributed by atoms with Gasteiger partial charge in [0.25, 0.3) is 0 Å². The summed E-state index contributed by atoms with van der Waals surface area (Å²) in [5.41, 5.74) is 2.68. The van der Waals surface area contributed by atoms with Gasteiger partial charge >= 0.3 is 0 Å². The fourth-order valence-corrected chi connectivity index (χ4v) is 1.40. The molecule has 14 heavy (non-hydrogen) atoms. The first-order valence-electron chi connectivity index (χ1n) is 4.31. The van der Waals surface area contributed by atoms with Gasteiger partial charge in [0.2, 0.25) is 0 Å². The Labute approximate surface area is 82.2 Å². The highest BCUT2D eigenvalue weighted by atomic mass is 15.0. The second-order valence-corrected chi connectivity index (χ2v) is 3.05. The molecule has 0 aliphatic carbocycles. The minimum Gasteiger partial charge on any atom is -0.290 e. The molecule has 0 unspecified atom stereocenters. The molecule has 0 spiro atoms. The Hall–Kier alpha value is -2.08. The molecule has 0 fully saturated rings. The van der Waals surface area contributed by atoms with E-state index >= 15 is 0 Å². The molecule has 0 N–H and O–H groups in total. The van der Waals surface area contributed by atoms with Crippen molar-refractivity contribution in [3.63, 3.8) is 0 Å². The van der Waals surface area contributed by atoms with Crippen LogP contribution in [-0.4, -0.2) is 9.55 Å². The van der Waals surface area contributed by atoms with E-state index in [2.05, 4.69) is 11.1 Å². The number of rotatable bonds is 1. The number of aryl methyl sites for hydroxylation is 1. The fraction of sp³-hybridized carbons (Fsp3) is 0.0909. The Kier molecular flexibility index (Phi) is 2.04. The molecule has 0 amide bonds. The average Bonchev–Trinajstić information content (AvgIpc) is 2.66. The Morgan fingerprint density at radius 3 is 2.86 bits per heavy atom. The van der Waals surface area contributed by atoms with E-state index in [0.29, 0.717) is 5.69 Å². The molecule has 1 aromatic heterocycles. The van der Waals surface area contributed by atoms with Gasteiger partial charge in [-0.1, -0.05) is 18.2 Å². The Morgan fingerprint density at radius 1 is 1.36 bits per heavy atom. The number of hydrogen-bond acceptors (Lipinski definition) is 2. The molecular formula is C11H9N3. The number of hydrogen-bond donors (Lipinski definition) is 0. The molecule has 2 rings (SSSR count). The van der Waals surface area contributed by atoms with E-state index in [1.54, 1.807) is 17.1 Å². The second-order valence-electron chi connectivity index (χ2n) is 3.05. The summed E-state index contributed by atoms with van der Waals surface area (Å²) in [6, 6.07) is 10.0. The van der Waals surface area contributed by atoms with Crippen LogP contribution < -0.4 is 0 Å².